The first kappa shape index (κ1) is 33.7. The summed E-state index contributed by atoms with van der Waals surface area (Å²) < 4.78 is 1.82. The van der Waals surface area contributed by atoms with Crippen LogP contribution >= 0.6 is 23.1 Å². The molecule has 0 aliphatic carbocycles. The average molecular weight is 655 g/mol. The smallest absolute Gasteiger partial charge is 0.543 e. The Kier molecular flexibility index (Phi) is 11.0. The van der Waals surface area contributed by atoms with Gasteiger partial charge in [-0.15, -0.1) is 29.1 Å². The number of carboxylic acids is 1. The van der Waals surface area contributed by atoms with Gasteiger partial charge in [0.1, 0.15) is 23.7 Å². The molecule has 1 fully saturated rings. The summed E-state index contributed by atoms with van der Waals surface area (Å²) in [5.41, 5.74) is 6.15. The molecule has 1 aromatic carbocycles. The number of aromatic nitrogens is 2. The Hall–Kier alpha value is -4.18. The fraction of sp³-hybridized carbons (Fsp3) is 0.214. The zero-order valence-electron chi connectivity index (χ0n) is 24.0. The van der Waals surface area contributed by atoms with Gasteiger partial charge < -0.3 is 36.2 Å². The standard InChI is InChI=1S/C28H24N8O6S2.Na/c1-2-42-34-20(19-13-44-28(30)32-19)24(38)33-21-25(39)36-22(27(40)41)16(12-43-26(21)36)6-4-9-35-10-8-17-15(11-35)5-3-7-18(17)23(37)31-14-29;/h3-8,10-11,13,21,26H,2,9,12H2,1H3,(H2,30,32)(H,33,38)(H,40,41);/q;+1/p-1/b6-4+,34-20-;/t21-,26-;/m1./s1. The minimum atomic E-state index is -1.51. The van der Waals surface area contributed by atoms with E-state index in [-0.39, 0.29) is 64.2 Å². The Morgan fingerprint density at radius 2 is 2.16 bits per heavy atom. The minimum Gasteiger partial charge on any atom is -0.543 e. The summed E-state index contributed by atoms with van der Waals surface area (Å²) in [7, 11) is 0. The van der Waals surface area contributed by atoms with E-state index in [9.17, 15) is 24.3 Å². The van der Waals surface area contributed by atoms with Crippen molar-refractivity contribution in [1.82, 2.24) is 15.2 Å². The van der Waals surface area contributed by atoms with E-state index < -0.39 is 35.1 Å². The third-order valence-electron chi connectivity index (χ3n) is 6.64. The molecule has 45 heavy (non-hydrogen) atoms. The van der Waals surface area contributed by atoms with Crippen molar-refractivity contribution in [2.45, 2.75) is 24.9 Å². The summed E-state index contributed by atoms with van der Waals surface area (Å²) in [4.78, 5) is 63.9. The van der Waals surface area contributed by atoms with Gasteiger partial charge in [0.15, 0.2) is 35.7 Å². The molecular formula is C28H23N8NaO6S2. The summed E-state index contributed by atoms with van der Waals surface area (Å²) in [6.07, 6.45) is 6.91. The molecule has 3 N–H and O–H groups in total. The topological polar surface area (TPSA) is 206 Å². The first-order valence-corrected chi connectivity index (χ1v) is 15.0. The number of allylic oxidation sites excluding steroid dienone is 2. The molecule has 1 saturated heterocycles. The molecule has 14 nitrogen and oxygen atoms in total. The summed E-state index contributed by atoms with van der Waals surface area (Å²) >= 11 is 2.41. The van der Waals surface area contributed by atoms with Gasteiger partial charge in [0, 0.05) is 33.5 Å². The van der Waals surface area contributed by atoms with Gasteiger partial charge in [0.05, 0.1) is 11.7 Å². The van der Waals surface area contributed by atoms with E-state index in [0.717, 1.165) is 21.6 Å². The van der Waals surface area contributed by atoms with Crippen LogP contribution in [-0.2, 0) is 25.8 Å². The second-order valence-corrected chi connectivity index (χ2v) is 11.3. The monoisotopic (exact) mass is 654 g/mol. The molecular weight excluding hydrogens is 631 g/mol. The van der Waals surface area contributed by atoms with Crippen molar-refractivity contribution < 1.29 is 63.2 Å². The number of thioether (sulfide) groups is 1. The second kappa shape index (κ2) is 14.7. The molecule has 2 atom stereocenters. The number of carboxylic acid groups (broad SMARTS) is 1. The maximum atomic E-state index is 13.1. The van der Waals surface area contributed by atoms with Crippen molar-refractivity contribution in [3.05, 3.63) is 82.1 Å². The number of benzene rings is 1. The zero-order chi connectivity index (χ0) is 31.4. The summed E-state index contributed by atoms with van der Waals surface area (Å²) in [5, 5.41) is 29.8. The fourth-order valence-corrected chi connectivity index (χ4v) is 6.56. The average Bonchev–Trinajstić information content (AvgIpc) is 3.44. The summed E-state index contributed by atoms with van der Waals surface area (Å²) in [5.74, 6) is -3.21. The van der Waals surface area contributed by atoms with Crippen molar-refractivity contribution in [2.24, 2.45) is 10.1 Å². The van der Waals surface area contributed by atoms with Gasteiger partial charge in [-0.25, -0.2) is 9.55 Å². The normalized spacial score (nSPS) is 17.7. The Labute approximate surface area is 286 Å². The molecule has 2 aliphatic rings. The number of carbonyl (C=O) groups is 4. The van der Waals surface area contributed by atoms with E-state index in [1.165, 1.54) is 23.2 Å². The number of aliphatic carboxylic acids is 1. The van der Waals surface area contributed by atoms with Crippen LogP contribution in [0.2, 0.25) is 0 Å². The van der Waals surface area contributed by atoms with E-state index in [4.69, 9.17) is 16.0 Å². The number of carbonyl (C=O) groups excluding carboxylic acids is 4. The fourth-order valence-electron chi connectivity index (χ4n) is 4.70. The van der Waals surface area contributed by atoms with Gasteiger partial charge in [-0.2, -0.15) is 0 Å². The first-order chi connectivity index (χ1) is 21.2. The summed E-state index contributed by atoms with van der Waals surface area (Å²) in [6, 6.07) is 7.34. The molecule has 2 aliphatic heterocycles. The van der Waals surface area contributed by atoms with Gasteiger partial charge in [-0.05, 0) is 24.6 Å². The Morgan fingerprint density at radius 3 is 2.84 bits per heavy atom. The third-order valence-corrected chi connectivity index (χ3v) is 8.61. The van der Waals surface area contributed by atoms with Crippen LogP contribution in [0.5, 0.6) is 0 Å². The number of fused-ring (bicyclic) bond motifs is 2. The molecule has 2 aromatic heterocycles. The van der Waals surface area contributed by atoms with Crippen molar-refractivity contribution in [2.75, 3.05) is 18.1 Å². The molecule has 0 unspecified atom stereocenters. The number of nitrogens with two attached hydrogens (primary N) is 1. The number of pyridine rings is 1. The number of hydrogen-bond donors (Lipinski definition) is 2. The molecule has 5 rings (SSSR count). The van der Waals surface area contributed by atoms with E-state index >= 15 is 0 Å². The number of nitrogen functional groups attached to an aromatic ring is 1. The van der Waals surface area contributed by atoms with Gasteiger partial charge in [-0.3, -0.25) is 19.3 Å². The SMILES string of the molecule is CCO/N=C(\C(=O)N[C@@H]1C(=O)N2C(C(=O)[O-])=C(/C=C/C[n+]3ccc4c(C(=O)N=C=[N-])cccc4c3)CS[C@H]12)c1csc(N)n1.[Na+]. The largest absolute Gasteiger partial charge is 1.00 e. The van der Waals surface area contributed by atoms with Crippen LogP contribution in [0.4, 0.5) is 5.13 Å². The molecule has 4 heterocycles. The number of amides is 3. The molecule has 17 heteroatoms. The number of nitrogens with zero attached hydrogens (tertiary/aromatic N) is 6. The molecule has 0 radical (unpaired) electrons. The predicted octanol–water partition coefficient (Wildman–Crippen LogP) is -2.55. The molecule has 3 amide bonds. The first-order valence-electron chi connectivity index (χ1n) is 13.1. The van der Waals surface area contributed by atoms with Crippen molar-refractivity contribution in [3.63, 3.8) is 0 Å². The zero-order valence-corrected chi connectivity index (χ0v) is 27.6. The molecule has 224 valence electrons. The Morgan fingerprint density at radius 1 is 1.36 bits per heavy atom. The predicted molar refractivity (Wildman–Crippen MR) is 160 cm³/mol. The van der Waals surface area contributed by atoms with E-state index in [1.807, 2.05) is 10.6 Å². The van der Waals surface area contributed by atoms with Crippen molar-refractivity contribution in [3.8, 4) is 0 Å². The van der Waals surface area contributed by atoms with Gasteiger partial charge in [0.2, 0.25) is 0 Å². The number of aliphatic imine (C=N–C) groups is 1. The number of anilines is 1. The van der Waals surface area contributed by atoms with E-state index in [2.05, 4.69) is 20.4 Å². The minimum absolute atomic E-state index is 0. The maximum Gasteiger partial charge on any atom is 1.00 e. The Balaban J connectivity index is 0.00000461. The maximum absolute atomic E-state index is 13.1. The van der Waals surface area contributed by atoms with E-state index in [0.29, 0.717) is 23.1 Å². The van der Waals surface area contributed by atoms with Crippen molar-refractivity contribution >= 4 is 74.4 Å². The number of hydrogen-bond acceptors (Lipinski definition) is 11. The van der Waals surface area contributed by atoms with Gasteiger partial charge in [0.25, 0.3) is 11.8 Å². The van der Waals surface area contributed by atoms with Crippen LogP contribution in [-0.4, -0.2) is 69.1 Å². The number of thiazole rings is 1. The number of β-lactam (4-membered cyclic amide) rings is 1. The van der Waals surface area contributed by atoms with Crippen molar-refractivity contribution in [1.29, 1.82) is 0 Å². The van der Waals surface area contributed by atoms with Crippen LogP contribution < -0.4 is 50.3 Å². The van der Waals surface area contributed by atoms with Crippen LogP contribution in [0.15, 0.2) is 75.6 Å². The quantitative estimate of drug-likeness (QED) is 0.0775. The molecule has 0 saturated carbocycles. The molecule has 3 aromatic rings. The van der Waals surface area contributed by atoms with Crippen LogP contribution in [0.25, 0.3) is 16.2 Å². The number of nitrogens with one attached hydrogen (secondary N) is 1. The van der Waals surface area contributed by atoms with Crippen LogP contribution in [0.3, 0.4) is 0 Å². The summed E-state index contributed by atoms with van der Waals surface area (Å²) in [6.45, 7) is 2.24. The third kappa shape index (κ3) is 7.06. The van der Waals surface area contributed by atoms with E-state index in [1.54, 1.807) is 49.7 Å². The van der Waals surface area contributed by atoms with Crippen LogP contribution in [0.1, 0.15) is 23.0 Å². The number of oxime groups is 1. The number of rotatable bonds is 10. The Bertz CT molecular complexity index is 1830. The molecule has 0 bridgehead atoms. The van der Waals surface area contributed by atoms with Crippen LogP contribution in [0, 0.1) is 0 Å². The van der Waals surface area contributed by atoms with Gasteiger partial charge in [-0.1, -0.05) is 23.4 Å². The molecule has 0 spiro atoms. The second-order valence-electron chi connectivity index (χ2n) is 9.32. The van der Waals surface area contributed by atoms with Gasteiger partial charge >= 0.3 is 29.6 Å².